The number of hydrogen-bond donors (Lipinski definition) is 3. The van der Waals surface area contributed by atoms with Crippen molar-refractivity contribution in [1.29, 1.82) is 0 Å². The van der Waals surface area contributed by atoms with Crippen molar-refractivity contribution in [2.45, 2.75) is 83.8 Å². The zero-order chi connectivity index (χ0) is 19.8. The Morgan fingerprint density at radius 1 is 1.22 bits per heavy atom. The Hall–Kier alpha value is -1.63. The second kappa shape index (κ2) is 7.41. The first-order valence-electron chi connectivity index (χ1n) is 10.3. The highest BCUT2D eigenvalue weighted by atomic mass is 16.2. The quantitative estimate of drug-likeness (QED) is 0.653. The average molecular weight is 379 g/mol. The van der Waals surface area contributed by atoms with Crippen molar-refractivity contribution in [2.24, 2.45) is 11.3 Å². The zero-order valence-corrected chi connectivity index (χ0v) is 17.1. The van der Waals surface area contributed by atoms with Gasteiger partial charge in [0.1, 0.15) is 12.1 Å². The van der Waals surface area contributed by atoms with Crippen LogP contribution in [0.25, 0.3) is 0 Å². The van der Waals surface area contributed by atoms with Crippen molar-refractivity contribution in [3.05, 3.63) is 0 Å². The lowest BCUT2D eigenvalue weighted by Gasteiger charge is -2.40. The van der Waals surface area contributed by atoms with Gasteiger partial charge in [-0.15, -0.1) is 0 Å². The maximum Gasteiger partial charge on any atom is 0.325 e. The third kappa shape index (κ3) is 4.28. The summed E-state index contributed by atoms with van der Waals surface area (Å²) < 4.78 is 0. The molecule has 0 aromatic rings. The predicted octanol–water partition coefficient (Wildman–Crippen LogP) is 1.77. The molecule has 3 aliphatic rings. The van der Waals surface area contributed by atoms with Crippen LogP contribution in [0.5, 0.6) is 0 Å². The molecule has 1 aliphatic carbocycles. The van der Waals surface area contributed by atoms with E-state index >= 15 is 0 Å². The summed E-state index contributed by atoms with van der Waals surface area (Å²) in [7, 11) is 0. The van der Waals surface area contributed by atoms with Crippen LogP contribution in [-0.2, 0) is 9.59 Å². The number of piperidine rings is 1. The van der Waals surface area contributed by atoms with E-state index in [1.165, 1.54) is 0 Å². The molecule has 7 nitrogen and oxygen atoms in total. The lowest BCUT2D eigenvalue weighted by Crippen LogP contribution is -2.52. The molecule has 1 spiro atoms. The number of rotatable bonds is 3. The van der Waals surface area contributed by atoms with Crippen molar-refractivity contribution in [1.82, 2.24) is 20.9 Å². The third-order valence-corrected chi connectivity index (χ3v) is 6.60. The number of nitrogens with zero attached hydrogens (tertiary/aromatic N) is 1. The third-order valence-electron chi connectivity index (χ3n) is 6.60. The predicted molar refractivity (Wildman–Crippen MR) is 103 cm³/mol. The largest absolute Gasteiger partial charge is 0.352 e. The van der Waals surface area contributed by atoms with Crippen molar-refractivity contribution in [3.63, 3.8) is 0 Å². The molecule has 3 rings (SSSR count). The minimum atomic E-state index is -0.803. The lowest BCUT2D eigenvalue weighted by atomic mass is 9.67. The van der Waals surface area contributed by atoms with Gasteiger partial charge in [-0.25, -0.2) is 4.79 Å². The first kappa shape index (κ1) is 20.1. The summed E-state index contributed by atoms with van der Waals surface area (Å²) in [6.07, 6.45) is 4.89. The Labute approximate surface area is 162 Å². The van der Waals surface area contributed by atoms with E-state index in [0.717, 1.165) is 37.1 Å². The monoisotopic (exact) mass is 378 g/mol. The normalized spacial score (nSPS) is 34.7. The van der Waals surface area contributed by atoms with E-state index in [0.29, 0.717) is 24.8 Å². The Morgan fingerprint density at radius 2 is 1.89 bits per heavy atom. The van der Waals surface area contributed by atoms with Crippen molar-refractivity contribution >= 4 is 17.8 Å². The van der Waals surface area contributed by atoms with E-state index in [2.05, 4.69) is 43.6 Å². The molecule has 0 radical (unpaired) electrons. The number of nitrogens with one attached hydrogen (secondary N) is 3. The molecular weight excluding hydrogens is 344 g/mol. The van der Waals surface area contributed by atoms with Crippen LogP contribution in [0.15, 0.2) is 0 Å². The molecule has 0 aromatic carbocycles. The van der Waals surface area contributed by atoms with E-state index in [4.69, 9.17) is 0 Å². The Kier molecular flexibility index (Phi) is 5.52. The molecule has 2 aliphatic heterocycles. The van der Waals surface area contributed by atoms with Crippen molar-refractivity contribution in [3.8, 4) is 0 Å². The second-order valence-corrected chi connectivity index (χ2v) is 9.69. The molecule has 2 saturated heterocycles. The van der Waals surface area contributed by atoms with Gasteiger partial charge in [0.2, 0.25) is 5.91 Å². The van der Waals surface area contributed by atoms with E-state index < -0.39 is 11.6 Å². The van der Waals surface area contributed by atoms with Gasteiger partial charge < -0.3 is 16.0 Å². The zero-order valence-electron chi connectivity index (χ0n) is 17.1. The van der Waals surface area contributed by atoms with Crippen LogP contribution in [0.1, 0.15) is 66.2 Å². The summed E-state index contributed by atoms with van der Waals surface area (Å²) in [4.78, 5) is 38.9. The number of carbonyl (C=O) groups excluding carboxylic acids is 3. The maximum atomic E-state index is 13.0. The van der Waals surface area contributed by atoms with E-state index in [-0.39, 0.29) is 29.8 Å². The second-order valence-electron chi connectivity index (χ2n) is 9.69. The minimum Gasteiger partial charge on any atom is -0.352 e. The topological polar surface area (TPSA) is 90.5 Å². The summed E-state index contributed by atoms with van der Waals surface area (Å²) in [5.74, 6) is 0.0683. The maximum absolute atomic E-state index is 13.0. The molecule has 27 heavy (non-hydrogen) atoms. The molecule has 2 heterocycles. The summed E-state index contributed by atoms with van der Waals surface area (Å²) in [5, 5.41) is 9.23. The Bertz CT molecular complexity index is 605. The first-order valence-corrected chi connectivity index (χ1v) is 10.3. The number of carbonyl (C=O) groups is 3. The number of amides is 4. The van der Waals surface area contributed by atoms with Crippen LogP contribution >= 0.6 is 0 Å². The van der Waals surface area contributed by atoms with E-state index in [1.807, 2.05) is 0 Å². The summed E-state index contributed by atoms with van der Waals surface area (Å²) in [5.41, 5.74) is -0.596. The van der Waals surface area contributed by atoms with Crippen molar-refractivity contribution in [2.75, 3.05) is 13.1 Å². The Balaban J connectivity index is 1.57. The van der Waals surface area contributed by atoms with Gasteiger partial charge in [0, 0.05) is 12.1 Å². The van der Waals surface area contributed by atoms with Gasteiger partial charge in [-0.05, 0) is 63.3 Å². The van der Waals surface area contributed by atoms with E-state index in [1.54, 1.807) is 0 Å². The van der Waals surface area contributed by atoms with Gasteiger partial charge >= 0.3 is 6.03 Å². The minimum absolute atomic E-state index is 0.103. The van der Waals surface area contributed by atoms with Crippen LogP contribution in [0, 0.1) is 11.3 Å². The van der Waals surface area contributed by atoms with Crippen LogP contribution < -0.4 is 16.0 Å². The molecule has 152 valence electrons. The molecule has 1 saturated carbocycles. The Morgan fingerprint density at radius 3 is 2.48 bits per heavy atom. The molecular formula is C20H34N4O3. The smallest absolute Gasteiger partial charge is 0.325 e. The number of urea groups is 1. The summed E-state index contributed by atoms with van der Waals surface area (Å²) >= 11 is 0. The van der Waals surface area contributed by atoms with Gasteiger partial charge in [0.25, 0.3) is 5.91 Å². The number of imide groups is 1. The van der Waals surface area contributed by atoms with Gasteiger partial charge in [-0.3, -0.25) is 14.5 Å². The highest BCUT2D eigenvalue weighted by Crippen LogP contribution is 2.43. The standard InChI is InChI=1S/C20H34N4O3/c1-13-11-15(7-10-21-13)22-16(25)12-24-17(26)20(23-18(24)27)8-5-14(6-9-20)19(2,3)4/h13-15,21H,5-12H2,1-4H3,(H,22,25)(H,23,27). The molecule has 2 atom stereocenters. The number of hydrogen-bond acceptors (Lipinski definition) is 4. The van der Waals surface area contributed by atoms with Gasteiger partial charge in [0.15, 0.2) is 0 Å². The summed E-state index contributed by atoms with van der Waals surface area (Å²) in [6.45, 7) is 9.45. The first-order chi connectivity index (χ1) is 12.6. The fraction of sp³-hybridized carbons (Fsp3) is 0.850. The van der Waals surface area contributed by atoms with Crippen LogP contribution in [-0.4, -0.2) is 53.5 Å². The lowest BCUT2D eigenvalue weighted by molar-refractivity contribution is -0.136. The highest BCUT2D eigenvalue weighted by molar-refractivity contribution is 6.09. The summed E-state index contributed by atoms with van der Waals surface area (Å²) in [6, 6.07) is 0.0378. The fourth-order valence-electron chi connectivity index (χ4n) is 4.82. The van der Waals surface area contributed by atoms with Gasteiger partial charge in [-0.1, -0.05) is 20.8 Å². The average Bonchev–Trinajstić information content (AvgIpc) is 2.79. The van der Waals surface area contributed by atoms with Crippen molar-refractivity contribution < 1.29 is 14.4 Å². The SMILES string of the molecule is CC1CC(NC(=O)CN2C(=O)NC3(CCC(C(C)(C)C)CC3)C2=O)CCN1. The molecule has 0 aromatic heterocycles. The molecule has 2 unspecified atom stereocenters. The van der Waals surface area contributed by atoms with Crippen LogP contribution in [0.3, 0.4) is 0 Å². The molecule has 4 amide bonds. The van der Waals surface area contributed by atoms with Gasteiger partial charge in [-0.2, -0.15) is 0 Å². The molecule has 0 bridgehead atoms. The molecule has 3 N–H and O–H groups in total. The van der Waals surface area contributed by atoms with E-state index in [9.17, 15) is 14.4 Å². The van der Waals surface area contributed by atoms with Crippen LogP contribution in [0.4, 0.5) is 4.79 Å². The molecule has 7 heteroatoms. The highest BCUT2D eigenvalue weighted by Gasteiger charge is 2.53. The van der Waals surface area contributed by atoms with Gasteiger partial charge in [0.05, 0.1) is 0 Å². The fourth-order valence-corrected chi connectivity index (χ4v) is 4.82. The molecule has 3 fully saturated rings. The van der Waals surface area contributed by atoms with Crippen LogP contribution in [0.2, 0.25) is 0 Å².